The van der Waals surface area contributed by atoms with Crippen LogP contribution in [0.4, 0.5) is 0 Å². The number of hydrogen-bond donors (Lipinski definition) is 2. The molecule has 0 aliphatic carbocycles. The molecule has 0 rings (SSSR count). The summed E-state index contributed by atoms with van der Waals surface area (Å²) < 4.78 is 5.18. The lowest BCUT2D eigenvalue weighted by atomic mass is 10.1. The summed E-state index contributed by atoms with van der Waals surface area (Å²) in [5.41, 5.74) is 5.19. The van der Waals surface area contributed by atoms with Crippen molar-refractivity contribution in [3.8, 4) is 0 Å². The van der Waals surface area contributed by atoms with E-state index in [0.29, 0.717) is 6.42 Å². The molecule has 0 saturated carbocycles. The molecule has 4 heteroatoms. The van der Waals surface area contributed by atoms with E-state index in [4.69, 9.17) is 15.6 Å². The van der Waals surface area contributed by atoms with E-state index in [1.807, 2.05) is 6.92 Å². The number of carbonyl (C=O) groups is 1. The molecule has 1 atom stereocenters. The average molecular weight is 189 g/mol. The highest BCUT2D eigenvalue weighted by Gasteiger charge is 2.20. The van der Waals surface area contributed by atoms with Crippen molar-refractivity contribution in [2.45, 2.75) is 45.3 Å². The van der Waals surface area contributed by atoms with Crippen LogP contribution in [0.3, 0.4) is 0 Å². The molecule has 0 heterocycles. The zero-order valence-corrected chi connectivity index (χ0v) is 8.54. The Balaban J connectivity index is 3.90. The molecule has 0 amide bonds. The Kier molecular flexibility index (Phi) is 4.95. The molecule has 0 radical (unpaired) electrons. The summed E-state index contributed by atoms with van der Waals surface area (Å²) in [6, 6.07) is 0. The van der Waals surface area contributed by atoms with Crippen molar-refractivity contribution in [2.24, 2.45) is 5.73 Å². The highest BCUT2D eigenvalue weighted by Crippen LogP contribution is 2.06. The van der Waals surface area contributed by atoms with E-state index in [9.17, 15) is 4.79 Å². The number of hydrogen-bond acceptors (Lipinski definition) is 3. The zero-order chi connectivity index (χ0) is 10.5. The highest BCUT2D eigenvalue weighted by molar-refractivity contribution is 5.72. The van der Waals surface area contributed by atoms with E-state index < -0.39 is 17.6 Å². The quantitative estimate of drug-likeness (QED) is 0.653. The van der Waals surface area contributed by atoms with Gasteiger partial charge in [-0.05, 0) is 20.3 Å². The highest BCUT2D eigenvalue weighted by atomic mass is 16.5. The molecule has 0 aliphatic heterocycles. The van der Waals surface area contributed by atoms with E-state index >= 15 is 0 Å². The molecule has 1 unspecified atom stereocenters. The smallest absolute Gasteiger partial charge is 0.332 e. The fraction of sp³-hybridized carbons (Fsp3) is 0.889. The van der Waals surface area contributed by atoms with Crippen LogP contribution in [0, 0.1) is 0 Å². The summed E-state index contributed by atoms with van der Waals surface area (Å²) in [6.45, 7) is 5.80. The number of carboxylic acids is 1. The van der Waals surface area contributed by atoms with Crippen molar-refractivity contribution in [3.63, 3.8) is 0 Å². The van der Waals surface area contributed by atoms with E-state index in [1.165, 1.54) is 0 Å². The molecule has 0 spiro atoms. The Morgan fingerprint density at radius 1 is 1.62 bits per heavy atom. The second-order valence-corrected chi connectivity index (χ2v) is 3.92. The number of ether oxygens (including phenoxy) is 1. The molecule has 0 aliphatic rings. The number of nitrogens with two attached hydrogens (primary N) is 1. The van der Waals surface area contributed by atoms with Gasteiger partial charge in [-0.15, -0.1) is 0 Å². The van der Waals surface area contributed by atoms with Crippen LogP contribution in [0.25, 0.3) is 0 Å². The molecule has 0 fully saturated rings. The van der Waals surface area contributed by atoms with Crippen molar-refractivity contribution < 1.29 is 14.6 Å². The standard InChI is InChI=1S/C9H19NO3/c1-4-5-7(8(11)12)13-6-9(2,3)10/h7H,4-6,10H2,1-3H3,(H,11,12). The predicted octanol–water partition coefficient (Wildman–Crippen LogP) is 0.994. The van der Waals surface area contributed by atoms with Gasteiger partial charge in [0.2, 0.25) is 0 Å². The van der Waals surface area contributed by atoms with Crippen LogP contribution < -0.4 is 5.73 Å². The van der Waals surface area contributed by atoms with E-state index in [1.54, 1.807) is 13.8 Å². The van der Waals surface area contributed by atoms with Crippen LogP contribution in [-0.2, 0) is 9.53 Å². The van der Waals surface area contributed by atoms with Gasteiger partial charge in [-0.2, -0.15) is 0 Å². The first kappa shape index (κ1) is 12.4. The molecule has 0 saturated heterocycles. The maximum Gasteiger partial charge on any atom is 0.332 e. The third kappa shape index (κ3) is 6.54. The minimum atomic E-state index is -0.911. The van der Waals surface area contributed by atoms with Gasteiger partial charge in [-0.1, -0.05) is 13.3 Å². The molecule has 0 aromatic rings. The Morgan fingerprint density at radius 2 is 2.15 bits per heavy atom. The largest absolute Gasteiger partial charge is 0.479 e. The first-order valence-electron chi connectivity index (χ1n) is 4.50. The molecule has 0 bridgehead atoms. The Hall–Kier alpha value is -0.610. The predicted molar refractivity (Wildman–Crippen MR) is 50.6 cm³/mol. The van der Waals surface area contributed by atoms with Crippen LogP contribution in [0.2, 0.25) is 0 Å². The summed E-state index contributed by atoms with van der Waals surface area (Å²) in [5.74, 6) is -0.911. The maximum atomic E-state index is 10.6. The minimum Gasteiger partial charge on any atom is -0.479 e. The second kappa shape index (κ2) is 5.19. The number of aliphatic carboxylic acids is 1. The van der Waals surface area contributed by atoms with Crippen molar-refractivity contribution in [1.82, 2.24) is 0 Å². The summed E-state index contributed by atoms with van der Waals surface area (Å²) in [4.78, 5) is 10.6. The third-order valence-electron chi connectivity index (χ3n) is 1.48. The van der Waals surface area contributed by atoms with Crippen LogP contribution >= 0.6 is 0 Å². The minimum absolute atomic E-state index is 0.268. The fourth-order valence-corrected chi connectivity index (χ4v) is 0.856. The molecule has 3 N–H and O–H groups in total. The van der Waals surface area contributed by atoms with Crippen LogP contribution in [0.1, 0.15) is 33.6 Å². The first-order valence-corrected chi connectivity index (χ1v) is 4.50. The third-order valence-corrected chi connectivity index (χ3v) is 1.48. The van der Waals surface area contributed by atoms with Crippen LogP contribution in [0.15, 0.2) is 0 Å². The summed E-state index contributed by atoms with van der Waals surface area (Å²) in [7, 11) is 0. The van der Waals surface area contributed by atoms with Gasteiger partial charge in [0.05, 0.1) is 6.61 Å². The molecule has 4 nitrogen and oxygen atoms in total. The van der Waals surface area contributed by atoms with Crippen molar-refractivity contribution >= 4 is 5.97 Å². The zero-order valence-electron chi connectivity index (χ0n) is 8.54. The monoisotopic (exact) mass is 189 g/mol. The second-order valence-electron chi connectivity index (χ2n) is 3.92. The fourth-order valence-electron chi connectivity index (χ4n) is 0.856. The number of carboxylic acid groups (broad SMARTS) is 1. The van der Waals surface area contributed by atoms with Gasteiger partial charge >= 0.3 is 5.97 Å². The molecule has 78 valence electrons. The Bertz CT molecular complexity index is 163. The molecular formula is C9H19NO3. The van der Waals surface area contributed by atoms with Gasteiger partial charge in [0, 0.05) is 5.54 Å². The van der Waals surface area contributed by atoms with Gasteiger partial charge in [0.25, 0.3) is 0 Å². The van der Waals surface area contributed by atoms with Gasteiger partial charge < -0.3 is 15.6 Å². The average Bonchev–Trinajstić information content (AvgIpc) is 1.95. The van der Waals surface area contributed by atoms with Gasteiger partial charge in [-0.25, -0.2) is 4.79 Å². The lowest BCUT2D eigenvalue weighted by Gasteiger charge is -2.21. The lowest BCUT2D eigenvalue weighted by Crippen LogP contribution is -2.40. The lowest BCUT2D eigenvalue weighted by molar-refractivity contribution is -0.151. The summed E-state index contributed by atoms with van der Waals surface area (Å²) >= 11 is 0. The van der Waals surface area contributed by atoms with Crippen molar-refractivity contribution in [2.75, 3.05) is 6.61 Å². The van der Waals surface area contributed by atoms with Gasteiger partial charge in [-0.3, -0.25) is 0 Å². The van der Waals surface area contributed by atoms with Crippen LogP contribution in [-0.4, -0.2) is 29.3 Å². The molecular weight excluding hydrogens is 170 g/mol. The van der Waals surface area contributed by atoms with Crippen molar-refractivity contribution in [3.05, 3.63) is 0 Å². The number of rotatable bonds is 6. The van der Waals surface area contributed by atoms with E-state index in [-0.39, 0.29) is 6.61 Å². The Labute approximate surface area is 79.1 Å². The Morgan fingerprint density at radius 3 is 2.46 bits per heavy atom. The topological polar surface area (TPSA) is 72.5 Å². The SMILES string of the molecule is CCCC(OCC(C)(C)N)C(=O)O. The van der Waals surface area contributed by atoms with E-state index in [0.717, 1.165) is 6.42 Å². The van der Waals surface area contributed by atoms with E-state index in [2.05, 4.69) is 0 Å². The maximum absolute atomic E-state index is 10.6. The normalized spacial score (nSPS) is 14.2. The van der Waals surface area contributed by atoms with Crippen LogP contribution in [0.5, 0.6) is 0 Å². The molecule has 13 heavy (non-hydrogen) atoms. The summed E-state index contributed by atoms with van der Waals surface area (Å²) in [6.07, 6.45) is 0.612. The molecule has 0 aromatic heterocycles. The van der Waals surface area contributed by atoms with Gasteiger partial charge in [0.1, 0.15) is 0 Å². The summed E-state index contributed by atoms with van der Waals surface area (Å²) in [5, 5.41) is 8.74. The first-order chi connectivity index (χ1) is 5.87. The van der Waals surface area contributed by atoms with Gasteiger partial charge in [0.15, 0.2) is 6.10 Å². The molecule has 0 aromatic carbocycles. The van der Waals surface area contributed by atoms with Crippen molar-refractivity contribution in [1.29, 1.82) is 0 Å².